The van der Waals surface area contributed by atoms with Crippen LogP contribution >= 0.6 is 0 Å². The van der Waals surface area contributed by atoms with Crippen molar-refractivity contribution < 1.29 is 14.2 Å². The predicted molar refractivity (Wildman–Crippen MR) is 214 cm³/mol. The van der Waals surface area contributed by atoms with Gasteiger partial charge < -0.3 is 14.2 Å². The fraction of sp³-hybridized carbons (Fsp3) is 0.0204. The maximum atomic E-state index is 6.65. The molecule has 0 unspecified atom stereocenters. The highest BCUT2D eigenvalue weighted by Crippen LogP contribution is 2.48. The van der Waals surface area contributed by atoms with Crippen LogP contribution in [0.3, 0.4) is 0 Å². The lowest BCUT2D eigenvalue weighted by molar-refractivity contribution is 0.443. The van der Waals surface area contributed by atoms with Crippen molar-refractivity contribution in [2.45, 2.75) is 6.42 Å². The minimum absolute atomic E-state index is 0.00533. The van der Waals surface area contributed by atoms with E-state index in [0.717, 1.165) is 68.4 Å². The number of fused-ring (bicyclic) bond motifs is 3. The molecule has 0 saturated carbocycles. The average molecular weight is 677 g/mol. The van der Waals surface area contributed by atoms with Gasteiger partial charge in [-0.05, 0) is 128 Å². The quantitative estimate of drug-likeness (QED) is 0.174. The summed E-state index contributed by atoms with van der Waals surface area (Å²) in [5.41, 5.74) is 18.2. The van der Waals surface area contributed by atoms with E-state index < -0.39 is 0 Å². The topological polar surface area (TPSA) is 27.7 Å². The molecule has 4 aliphatic rings. The summed E-state index contributed by atoms with van der Waals surface area (Å²) in [5, 5.41) is 0. The molecule has 0 bridgehead atoms. The first-order valence-corrected chi connectivity index (χ1v) is 18.2. The van der Waals surface area contributed by atoms with Crippen molar-refractivity contribution in [1.82, 2.24) is 0 Å². The smallest absolute Gasteiger partial charge is 0.270 e. The van der Waals surface area contributed by atoms with E-state index in [-0.39, 0.29) is 6.71 Å². The van der Waals surface area contributed by atoms with Gasteiger partial charge in [0.2, 0.25) is 0 Å². The average Bonchev–Trinajstić information content (AvgIpc) is 3.60. The zero-order valence-corrected chi connectivity index (χ0v) is 28.6. The molecule has 0 atom stereocenters. The van der Waals surface area contributed by atoms with Crippen LogP contribution in [-0.4, -0.2) is 6.71 Å². The summed E-state index contributed by atoms with van der Waals surface area (Å²) in [6.45, 7) is 0.00533. The van der Waals surface area contributed by atoms with Crippen LogP contribution in [0, 0.1) is 0 Å². The SMILES string of the molecule is c1ccc(-c2cc(-c3ccccc3)c3c(c2)-c2cccc(-c4cccc(-c5cc6c7c(c5)Oc5cccc8c5B7c5c(cccc5O6)O8)c4)c2C3)cc1. The molecule has 0 spiro atoms. The Balaban J connectivity index is 0.978. The van der Waals surface area contributed by atoms with Gasteiger partial charge in [-0.25, -0.2) is 0 Å². The maximum Gasteiger partial charge on any atom is 0.270 e. The summed E-state index contributed by atoms with van der Waals surface area (Å²) in [4.78, 5) is 0. The van der Waals surface area contributed by atoms with Gasteiger partial charge in [0.15, 0.2) is 0 Å². The van der Waals surface area contributed by atoms with Crippen molar-refractivity contribution >= 4 is 23.1 Å². The second kappa shape index (κ2) is 10.9. The van der Waals surface area contributed by atoms with E-state index in [2.05, 4.69) is 127 Å². The highest BCUT2D eigenvalue weighted by molar-refractivity contribution is 6.99. The molecule has 0 aromatic heterocycles. The molecule has 53 heavy (non-hydrogen) atoms. The fourth-order valence-corrected chi connectivity index (χ4v) is 9.10. The molecule has 0 fully saturated rings. The maximum absolute atomic E-state index is 6.65. The second-order valence-corrected chi connectivity index (χ2v) is 14.3. The zero-order valence-electron chi connectivity index (χ0n) is 28.6. The number of hydrogen-bond acceptors (Lipinski definition) is 3. The van der Waals surface area contributed by atoms with Crippen molar-refractivity contribution in [3.63, 3.8) is 0 Å². The minimum atomic E-state index is 0.00533. The zero-order chi connectivity index (χ0) is 34.6. The molecule has 1 aliphatic carbocycles. The molecule has 0 saturated heterocycles. The Morgan fingerprint density at radius 1 is 0.302 bits per heavy atom. The van der Waals surface area contributed by atoms with Crippen molar-refractivity contribution in [3.05, 3.63) is 175 Å². The van der Waals surface area contributed by atoms with Crippen LogP contribution in [-0.2, 0) is 6.42 Å². The van der Waals surface area contributed by atoms with E-state index in [1.165, 1.54) is 55.6 Å². The van der Waals surface area contributed by atoms with Crippen molar-refractivity contribution in [1.29, 1.82) is 0 Å². The van der Waals surface area contributed by atoms with Crippen LogP contribution in [0.4, 0.5) is 0 Å². The summed E-state index contributed by atoms with van der Waals surface area (Å²) < 4.78 is 19.6. The first-order chi connectivity index (χ1) is 26.2. The normalized spacial score (nSPS) is 13.2. The van der Waals surface area contributed by atoms with Crippen LogP contribution < -0.4 is 30.6 Å². The van der Waals surface area contributed by atoms with E-state index in [4.69, 9.17) is 14.2 Å². The Hall–Kier alpha value is -6.78. The minimum Gasteiger partial charge on any atom is -0.458 e. The number of hydrogen-bond donors (Lipinski definition) is 0. The van der Waals surface area contributed by atoms with E-state index in [1.54, 1.807) is 0 Å². The lowest BCUT2D eigenvalue weighted by Gasteiger charge is -2.37. The molecular weight excluding hydrogens is 647 g/mol. The number of benzene rings is 8. The molecule has 12 rings (SSSR count). The molecule has 0 amide bonds. The van der Waals surface area contributed by atoms with Gasteiger partial charge >= 0.3 is 0 Å². The van der Waals surface area contributed by atoms with Crippen LogP contribution in [0.5, 0.6) is 34.5 Å². The van der Waals surface area contributed by atoms with E-state index in [1.807, 2.05) is 36.4 Å². The summed E-state index contributed by atoms with van der Waals surface area (Å²) in [5.74, 6) is 5.03. The van der Waals surface area contributed by atoms with Gasteiger partial charge in [0.25, 0.3) is 6.71 Å². The Morgan fingerprint density at radius 2 is 0.774 bits per heavy atom. The number of ether oxygens (including phenoxy) is 3. The van der Waals surface area contributed by atoms with E-state index in [0.29, 0.717) is 0 Å². The number of rotatable bonds is 4. The predicted octanol–water partition coefficient (Wildman–Crippen LogP) is 10.8. The molecule has 8 aromatic rings. The van der Waals surface area contributed by atoms with Gasteiger partial charge in [-0.1, -0.05) is 109 Å². The third-order valence-electron chi connectivity index (χ3n) is 11.5. The lowest BCUT2D eigenvalue weighted by atomic mass is 9.34. The van der Waals surface area contributed by atoms with Gasteiger partial charge in [-0.15, -0.1) is 0 Å². The molecule has 0 N–H and O–H groups in total. The highest BCUT2D eigenvalue weighted by atomic mass is 16.5. The Kier molecular flexibility index (Phi) is 5.92. The van der Waals surface area contributed by atoms with E-state index >= 15 is 0 Å². The first-order valence-electron chi connectivity index (χ1n) is 18.2. The van der Waals surface area contributed by atoms with E-state index in [9.17, 15) is 0 Å². The van der Waals surface area contributed by atoms with Crippen molar-refractivity contribution in [3.8, 4) is 90.1 Å². The van der Waals surface area contributed by atoms with Gasteiger partial charge in [0, 0.05) is 16.4 Å². The summed E-state index contributed by atoms with van der Waals surface area (Å²) in [6, 6.07) is 58.5. The molecular formula is C49H29BO3. The molecule has 3 aliphatic heterocycles. The monoisotopic (exact) mass is 676 g/mol. The third kappa shape index (κ3) is 4.24. The highest BCUT2D eigenvalue weighted by Gasteiger charge is 2.46. The van der Waals surface area contributed by atoms with Crippen LogP contribution in [0.2, 0.25) is 0 Å². The third-order valence-corrected chi connectivity index (χ3v) is 11.5. The molecule has 246 valence electrons. The largest absolute Gasteiger partial charge is 0.458 e. The standard InChI is InChI=1S/C49H29BO3/c1-3-11-29(12-4-1)33-24-37(30-13-5-2-6-14-30)40-28-39-35(17-8-18-36(39)38(40)25-33)32-16-7-15-31(23-32)34-26-45-49-46(27-34)53-44-22-10-20-42-48(44)50(49)47-41(51-42)19-9-21-43(47)52-45/h1-27H,28H2. The first kappa shape index (κ1) is 28.9. The Bertz CT molecular complexity index is 2770. The molecule has 4 heteroatoms. The molecule has 3 heterocycles. The van der Waals surface area contributed by atoms with Crippen molar-refractivity contribution in [2.24, 2.45) is 0 Å². The Labute approximate surface area is 307 Å². The second-order valence-electron chi connectivity index (χ2n) is 14.3. The Morgan fingerprint density at radius 3 is 1.45 bits per heavy atom. The van der Waals surface area contributed by atoms with Crippen LogP contribution in [0.15, 0.2) is 164 Å². The molecule has 8 aromatic carbocycles. The van der Waals surface area contributed by atoms with Gasteiger partial charge in [0.1, 0.15) is 34.5 Å². The van der Waals surface area contributed by atoms with Gasteiger partial charge in [-0.2, -0.15) is 0 Å². The lowest BCUT2D eigenvalue weighted by Crippen LogP contribution is -2.59. The van der Waals surface area contributed by atoms with Gasteiger partial charge in [-0.3, -0.25) is 0 Å². The summed E-state index contributed by atoms with van der Waals surface area (Å²) in [7, 11) is 0. The molecule has 0 radical (unpaired) electrons. The van der Waals surface area contributed by atoms with Crippen LogP contribution in [0.1, 0.15) is 11.1 Å². The van der Waals surface area contributed by atoms with Crippen molar-refractivity contribution in [2.75, 3.05) is 0 Å². The molecule has 3 nitrogen and oxygen atoms in total. The van der Waals surface area contributed by atoms with Crippen LogP contribution in [0.25, 0.3) is 55.6 Å². The summed E-state index contributed by atoms with van der Waals surface area (Å²) >= 11 is 0. The fourth-order valence-electron chi connectivity index (χ4n) is 9.10. The van der Waals surface area contributed by atoms with Gasteiger partial charge in [0.05, 0.1) is 0 Å². The summed E-state index contributed by atoms with van der Waals surface area (Å²) in [6.07, 6.45) is 0.878.